The van der Waals surface area contributed by atoms with E-state index in [2.05, 4.69) is 27.5 Å². The zero-order valence-corrected chi connectivity index (χ0v) is 15.6. The first kappa shape index (κ1) is 18.9. The lowest BCUT2D eigenvalue weighted by Crippen LogP contribution is -2.45. The summed E-state index contributed by atoms with van der Waals surface area (Å²) >= 11 is 0. The van der Waals surface area contributed by atoms with Crippen molar-refractivity contribution in [1.29, 1.82) is 0 Å². The van der Waals surface area contributed by atoms with Crippen LogP contribution in [0.5, 0.6) is 5.75 Å². The quantitative estimate of drug-likeness (QED) is 0.772. The van der Waals surface area contributed by atoms with Crippen LogP contribution >= 0.6 is 0 Å². The van der Waals surface area contributed by atoms with Gasteiger partial charge in [-0.25, -0.2) is 4.79 Å². The minimum absolute atomic E-state index is 0.135. The summed E-state index contributed by atoms with van der Waals surface area (Å²) in [5, 5.41) is 5.75. The van der Waals surface area contributed by atoms with E-state index in [0.29, 0.717) is 24.6 Å². The summed E-state index contributed by atoms with van der Waals surface area (Å²) in [6, 6.07) is 7.33. The normalized spacial score (nSPS) is 21.5. The van der Waals surface area contributed by atoms with Gasteiger partial charge >= 0.3 is 6.03 Å². The third-order valence-corrected chi connectivity index (χ3v) is 4.91. The molecule has 2 N–H and O–H groups in total. The van der Waals surface area contributed by atoms with E-state index in [1.165, 1.54) is 0 Å². The fourth-order valence-corrected chi connectivity index (χ4v) is 3.23. The summed E-state index contributed by atoms with van der Waals surface area (Å²) < 4.78 is 11.4. The molecule has 2 aliphatic heterocycles. The van der Waals surface area contributed by atoms with Gasteiger partial charge in [-0.2, -0.15) is 0 Å². The Morgan fingerprint density at radius 2 is 2.08 bits per heavy atom. The molecule has 7 nitrogen and oxygen atoms in total. The Hall–Kier alpha value is -1.83. The molecule has 1 aromatic carbocycles. The number of benzene rings is 1. The average molecular weight is 362 g/mol. The summed E-state index contributed by atoms with van der Waals surface area (Å²) in [4.78, 5) is 16.9. The second kappa shape index (κ2) is 9.75. The summed E-state index contributed by atoms with van der Waals surface area (Å²) in [7, 11) is 2.15. The Balaban J connectivity index is 1.42. The average Bonchev–Trinajstić information content (AvgIpc) is 3.17. The molecule has 3 rings (SSSR count). The molecule has 2 heterocycles. The Morgan fingerprint density at radius 1 is 1.27 bits per heavy atom. The lowest BCUT2D eigenvalue weighted by atomic mass is 10.2. The Morgan fingerprint density at radius 3 is 2.85 bits per heavy atom. The summed E-state index contributed by atoms with van der Waals surface area (Å²) in [5.74, 6) is 0.703. The summed E-state index contributed by atoms with van der Waals surface area (Å²) in [6.45, 7) is 7.19. The molecule has 2 saturated heterocycles. The number of nitrogens with one attached hydrogen (secondary N) is 2. The van der Waals surface area contributed by atoms with E-state index in [9.17, 15) is 4.79 Å². The van der Waals surface area contributed by atoms with Crippen LogP contribution in [0.3, 0.4) is 0 Å². The molecule has 0 radical (unpaired) electrons. The first-order valence-corrected chi connectivity index (χ1v) is 9.50. The van der Waals surface area contributed by atoms with E-state index in [1.54, 1.807) is 0 Å². The monoisotopic (exact) mass is 362 g/mol. The maximum Gasteiger partial charge on any atom is 0.319 e. The number of para-hydroxylation sites is 2. The van der Waals surface area contributed by atoms with Gasteiger partial charge in [-0.3, -0.25) is 4.90 Å². The molecule has 26 heavy (non-hydrogen) atoms. The summed E-state index contributed by atoms with van der Waals surface area (Å²) in [5.41, 5.74) is 0.690. The van der Waals surface area contributed by atoms with Gasteiger partial charge in [0.2, 0.25) is 0 Å². The van der Waals surface area contributed by atoms with Gasteiger partial charge in [-0.05, 0) is 32.0 Å². The molecule has 2 fully saturated rings. The van der Waals surface area contributed by atoms with Crippen LogP contribution in [-0.2, 0) is 4.74 Å². The lowest BCUT2D eigenvalue weighted by molar-refractivity contribution is 0.112. The zero-order valence-electron chi connectivity index (χ0n) is 15.6. The molecule has 0 spiro atoms. The second-order valence-corrected chi connectivity index (χ2v) is 6.96. The molecular weight excluding hydrogens is 332 g/mol. The Kier molecular flexibility index (Phi) is 7.11. The van der Waals surface area contributed by atoms with Crippen molar-refractivity contribution in [1.82, 2.24) is 15.1 Å². The van der Waals surface area contributed by atoms with Crippen molar-refractivity contribution in [2.75, 3.05) is 64.8 Å². The standard InChI is InChI=1S/C19H30N4O3/c1-22-8-10-23(11-9-22)12-14-26-18-7-3-2-6-17(18)21-19(24)20-15-16-5-4-13-25-16/h2-3,6-7,16H,4-5,8-15H2,1H3,(H2,20,21,24). The largest absolute Gasteiger partial charge is 0.490 e. The minimum atomic E-state index is -0.226. The van der Waals surface area contributed by atoms with E-state index in [1.807, 2.05) is 24.3 Å². The number of carbonyl (C=O) groups is 1. The van der Waals surface area contributed by atoms with Crippen molar-refractivity contribution in [3.63, 3.8) is 0 Å². The topological polar surface area (TPSA) is 66.1 Å². The lowest BCUT2D eigenvalue weighted by Gasteiger charge is -2.32. The molecule has 1 aromatic rings. The number of amides is 2. The molecule has 0 saturated carbocycles. The Labute approximate surface area is 155 Å². The number of nitrogens with zero attached hydrogens (tertiary/aromatic N) is 2. The van der Waals surface area contributed by atoms with Gasteiger partial charge in [0.05, 0.1) is 11.8 Å². The molecule has 1 unspecified atom stereocenters. The molecule has 0 aliphatic carbocycles. The van der Waals surface area contributed by atoms with E-state index in [-0.39, 0.29) is 12.1 Å². The number of urea groups is 1. The van der Waals surface area contributed by atoms with Crippen molar-refractivity contribution >= 4 is 11.7 Å². The smallest absolute Gasteiger partial charge is 0.319 e. The fraction of sp³-hybridized carbons (Fsp3) is 0.632. The highest BCUT2D eigenvalue weighted by Crippen LogP contribution is 2.23. The van der Waals surface area contributed by atoms with Gasteiger partial charge in [-0.15, -0.1) is 0 Å². The van der Waals surface area contributed by atoms with Gasteiger partial charge in [0, 0.05) is 45.9 Å². The molecule has 0 aromatic heterocycles. The van der Waals surface area contributed by atoms with Crippen LogP contribution in [-0.4, -0.2) is 81.5 Å². The predicted molar refractivity (Wildman–Crippen MR) is 102 cm³/mol. The van der Waals surface area contributed by atoms with Crippen LogP contribution in [0, 0.1) is 0 Å². The molecule has 2 amide bonds. The first-order valence-electron chi connectivity index (χ1n) is 9.50. The number of anilines is 1. The van der Waals surface area contributed by atoms with E-state index in [0.717, 1.165) is 52.2 Å². The predicted octanol–water partition coefficient (Wildman–Crippen LogP) is 1.61. The van der Waals surface area contributed by atoms with Crippen LogP contribution in [0.1, 0.15) is 12.8 Å². The zero-order chi connectivity index (χ0) is 18.2. The second-order valence-electron chi connectivity index (χ2n) is 6.96. The molecule has 144 valence electrons. The number of likely N-dealkylation sites (N-methyl/N-ethyl adjacent to an activating group) is 1. The van der Waals surface area contributed by atoms with E-state index in [4.69, 9.17) is 9.47 Å². The third kappa shape index (κ3) is 5.86. The molecule has 0 bridgehead atoms. The molecule has 1 atom stereocenters. The van der Waals surface area contributed by atoms with Crippen molar-refractivity contribution in [3.05, 3.63) is 24.3 Å². The first-order chi connectivity index (χ1) is 12.7. The highest BCUT2D eigenvalue weighted by atomic mass is 16.5. The van der Waals surface area contributed by atoms with Gasteiger partial charge in [-0.1, -0.05) is 12.1 Å². The number of carbonyl (C=O) groups excluding carboxylic acids is 1. The maximum absolute atomic E-state index is 12.1. The highest BCUT2D eigenvalue weighted by Gasteiger charge is 2.17. The number of ether oxygens (including phenoxy) is 2. The van der Waals surface area contributed by atoms with Crippen LogP contribution in [0.2, 0.25) is 0 Å². The molecule has 7 heteroatoms. The third-order valence-electron chi connectivity index (χ3n) is 4.91. The van der Waals surface area contributed by atoms with Crippen LogP contribution in [0.15, 0.2) is 24.3 Å². The van der Waals surface area contributed by atoms with Gasteiger partial charge in [0.1, 0.15) is 12.4 Å². The fourth-order valence-electron chi connectivity index (χ4n) is 3.23. The van der Waals surface area contributed by atoms with Gasteiger partial charge < -0.3 is 25.0 Å². The molecular formula is C19H30N4O3. The van der Waals surface area contributed by atoms with Crippen molar-refractivity contribution in [2.24, 2.45) is 0 Å². The highest BCUT2D eigenvalue weighted by molar-refractivity contribution is 5.90. The van der Waals surface area contributed by atoms with Crippen molar-refractivity contribution in [3.8, 4) is 5.75 Å². The van der Waals surface area contributed by atoms with Crippen LogP contribution in [0.25, 0.3) is 0 Å². The number of hydrogen-bond acceptors (Lipinski definition) is 5. The Bertz CT molecular complexity index is 570. The van der Waals surface area contributed by atoms with Gasteiger partial charge in [0.25, 0.3) is 0 Å². The van der Waals surface area contributed by atoms with Gasteiger partial charge in [0.15, 0.2) is 0 Å². The number of piperazine rings is 1. The number of rotatable bonds is 7. The SMILES string of the molecule is CN1CCN(CCOc2ccccc2NC(=O)NCC2CCCO2)CC1. The van der Waals surface area contributed by atoms with Crippen molar-refractivity contribution in [2.45, 2.75) is 18.9 Å². The van der Waals surface area contributed by atoms with Crippen LogP contribution in [0.4, 0.5) is 10.5 Å². The maximum atomic E-state index is 12.1. The summed E-state index contributed by atoms with van der Waals surface area (Å²) in [6.07, 6.45) is 2.21. The van der Waals surface area contributed by atoms with Crippen molar-refractivity contribution < 1.29 is 14.3 Å². The molecule has 2 aliphatic rings. The van der Waals surface area contributed by atoms with E-state index >= 15 is 0 Å². The number of hydrogen-bond donors (Lipinski definition) is 2. The van der Waals surface area contributed by atoms with Crippen LogP contribution < -0.4 is 15.4 Å². The minimum Gasteiger partial charge on any atom is -0.490 e. The van der Waals surface area contributed by atoms with E-state index < -0.39 is 0 Å².